The van der Waals surface area contributed by atoms with E-state index in [9.17, 15) is 19.5 Å². The lowest BCUT2D eigenvalue weighted by Gasteiger charge is -2.31. The third-order valence-electron chi connectivity index (χ3n) is 6.66. The molecule has 3 N–H and O–H groups in total. The lowest BCUT2D eigenvalue weighted by molar-refractivity contribution is -0.141. The van der Waals surface area contributed by atoms with Crippen LogP contribution in [0.5, 0.6) is 11.5 Å². The number of ether oxygens (including phenoxy) is 3. The highest BCUT2D eigenvalue weighted by atomic mass is 16.5. The minimum Gasteiger partial charge on any atom is -0.490 e. The largest absolute Gasteiger partial charge is 0.490 e. The maximum absolute atomic E-state index is 12.7. The number of carboxylic acid groups (broad SMARTS) is 1. The summed E-state index contributed by atoms with van der Waals surface area (Å²) in [4.78, 5) is 40.8. The average molecular weight is 564 g/mol. The van der Waals surface area contributed by atoms with E-state index >= 15 is 0 Å². The maximum Gasteiger partial charge on any atom is 0.328 e. The van der Waals surface area contributed by atoms with Crippen LogP contribution in [0.1, 0.15) is 69.4 Å². The molecule has 2 amide bonds. The van der Waals surface area contributed by atoms with Gasteiger partial charge in [0, 0.05) is 29.2 Å². The van der Waals surface area contributed by atoms with Gasteiger partial charge >= 0.3 is 18.0 Å². The van der Waals surface area contributed by atoms with E-state index in [4.69, 9.17) is 19.2 Å². The molecule has 0 aromatic heterocycles. The van der Waals surface area contributed by atoms with Gasteiger partial charge in [0.1, 0.15) is 12.1 Å². The molecule has 0 bridgehead atoms. The molecule has 0 atom stereocenters. The maximum atomic E-state index is 12.7. The fourth-order valence-corrected chi connectivity index (χ4v) is 5.19. The second-order valence-corrected chi connectivity index (χ2v) is 11.2. The number of nitrogens with one attached hydrogen (secondary N) is 2. The summed E-state index contributed by atoms with van der Waals surface area (Å²) in [5.74, 6) is -0.245. The summed E-state index contributed by atoms with van der Waals surface area (Å²) in [6, 6.07) is 6.76. The number of carboxylic acids is 1. The van der Waals surface area contributed by atoms with Crippen LogP contribution in [0, 0.1) is 0 Å². The fourth-order valence-electron chi connectivity index (χ4n) is 5.19. The standard InChI is InChI=1S/C31H37N3O7/c1-7-39-23-14-20-15-30(3,4)34-27(26(20)21-16-31(5,6)41-28(21)23)19-10-9-18(11-12-24(35)36)22(13-19)33-29(38)32-17-25(37)40-8-2/h9-14H,7-8,15-17H2,1-6H3,(H,35,36)(H2,32,33,38)/b12-11+. The van der Waals surface area contributed by atoms with Gasteiger partial charge in [0.25, 0.3) is 0 Å². The molecule has 10 heteroatoms. The topological polar surface area (TPSA) is 136 Å². The van der Waals surface area contributed by atoms with E-state index in [-0.39, 0.29) is 13.2 Å². The number of amides is 2. The molecule has 0 saturated carbocycles. The smallest absolute Gasteiger partial charge is 0.328 e. The number of nitrogens with zero attached hydrogens (tertiary/aromatic N) is 1. The molecular formula is C31H37N3O7. The molecule has 0 unspecified atom stereocenters. The highest BCUT2D eigenvalue weighted by Gasteiger charge is 2.39. The molecule has 41 heavy (non-hydrogen) atoms. The highest BCUT2D eigenvalue weighted by Crippen LogP contribution is 2.48. The van der Waals surface area contributed by atoms with E-state index in [0.717, 1.165) is 45.5 Å². The zero-order valence-corrected chi connectivity index (χ0v) is 24.3. The highest BCUT2D eigenvalue weighted by molar-refractivity contribution is 6.17. The average Bonchev–Trinajstić information content (AvgIpc) is 3.21. The molecule has 10 nitrogen and oxygen atoms in total. The molecule has 2 aromatic rings. The van der Waals surface area contributed by atoms with Crippen LogP contribution in [0.25, 0.3) is 6.08 Å². The second-order valence-electron chi connectivity index (χ2n) is 11.2. The van der Waals surface area contributed by atoms with Crippen LogP contribution in [0.2, 0.25) is 0 Å². The molecule has 2 aliphatic heterocycles. The number of hydrogen-bond donors (Lipinski definition) is 3. The minimum atomic E-state index is -1.12. The van der Waals surface area contributed by atoms with E-state index in [1.807, 2.05) is 32.9 Å². The first-order valence-corrected chi connectivity index (χ1v) is 13.7. The number of carbonyl (C=O) groups excluding carboxylic acids is 2. The number of carbonyl (C=O) groups is 3. The van der Waals surface area contributed by atoms with E-state index in [0.29, 0.717) is 30.7 Å². The Balaban J connectivity index is 1.80. The number of benzene rings is 2. The van der Waals surface area contributed by atoms with Gasteiger partial charge in [-0.1, -0.05) is 12.1 Å². The molecular weight excluding hydrogens is 526 g/mol. The number of urea groups is 1. The van der Waals surface area contributed by atoms with Crippen molar-refractivity contribution in [2.24, 2.45) is 4.99 Å². The first kappa shape index (κ1) is 29.6. The Kier molecular flexibility index (Phi) is 8.42. The molecule has 2 heterocycles. The van der Waals surface area contributed by atoms with Crippen LogP contribution in [0.4, 0.5) is 10.5 Å². The van der Waals surface area contributed by atoms with Gasteiger partial charge in [-0.15, -0.1) is 0 Å². The molecule has 218 valence electrons. The minimum absolute atomic E-state index is 0.201. The van der Waals surface area contributed by atoms with Gasteiger partial charge in [0.2, 0.25) is 0 Å². The Bertz CT molecular complexity index is 1440. The zero-order chi connectivity index (χ0) is 29.9. The second kappa shape index (κ2) is 11.6. The molecule has 2 aromatic carbocycles. The van der Waals surface area contributed by atoms with Crippen molar-refractivity contribution in [2.45, 2.75) is 65.5 Å². The summed E-state index contributed by atoms with van der Waals surface area (Å²) < 4.78 is 17.2. The van der Waals surface area contributed by atoms with Crippen molar-refractivity contribution < 1.29 is 33.7 Å². The van der Waals surface area contributed by atoms with Crippen molar-refractivity contribution in [3.63, 3.8) is 0 Å². The summed E-state index contributed by atoms with van der Waals surface area (Å²) in [5.41, 5.74) is 4.59. The number of fused-ring (bicyclic) bond motifs is 3. The first-order chi connectivity index (χ1) is 19.3. The molecule has 0 radical (unpaired) electrons. The predicted octanol–water partition coefficient (Wildman–Crippen LogP) is 4.75. The Labute approximate surface area is 239 Å². The molecule has 0 fully saturated rings. The van der Waals surface area contributed by atoms with Crippen LogP contribution in [-0.2, 0) is 27.2 Å². The van der Waals surface area contributed by atoms with Crippen molar-refractivity contribution >= 4 is 35.4 Å². The third kappa shape index (κ3) is 6.87. The summed E-state index contributed by atoms with van der Waals surface area (Å²) >= 11 is 0. The quantitative estimate of drug-likeness (QED) is 0.296. The molecule has 2 aliphatic rings. The number of hydrogen-bond acceptors (Lipinski definition) is 7. The van der Waals surface area contributed by atoms with Gasteiger partial charge in [0.05, 0.1) is 30.2 Å². The summed E-state index contributed by atoms with van der Waals surface area (Å²) in [6.45, 7) is 12.2. The molecule has 0 spiro atoms. The molecule has 4 rings (SSSR count). The number of aliphatic imine (C=N–C) groups is 1. The van der Waals surface area contributed by atoms with Gasteiger partial charge in [-0.25, -0.2) is 9.59 Å². The Hall–Kier alpha value is -4.34. The van der Waals surface area contributed by atoms with Crippen LogP contribution in [0.15, 0.2) is 35.3 Å². The summed E-state index contributed by atoms with van der Waals surface area (Å²) in [6.07, 6.45) is 3.77. The number of anilines is 1. The van der Waals surface area contributed by atoms with Crippen LogP contribution >= 0.6 is 0 Å². The Morgan fingerprint density at radius 1 is 1.10 bits per heavy atom. The van der Waals surface area contributed by atoms with Crippen LogP contribution in [0.3, 0.4) is 0 Å². The lowest BCUT2D eigenvalue weighted by atomic mass is 9.80. The zero-order valence-electron chi connectivity index (χ0n) is 24.3. The van der Waals surface area contributed by atoms with Crippen molar-refractivity contribution in [2.75, 3.05) is 25.1 Å². The fraction of sp³-hybridized carbons (Fsp3) is 0.419. The predicted molar refractivity (Wildman–Crippen MR) is 156 cm³/mol. The van der Waals surface area contributed by atoms with Gasteiger partial charge < -0.3 is 30.0 Å². The third-order valence-corrected chi connectivity index (χ3v) is 6.66. The monoisotopic (exact) mass is 563 g/mol. The van der Waals surface area contributed by atoms with Crippen LogP contribution in [-0.4, -0.2) is 59.7 Å². The van der Waals surface area contributed by atoms with Crippen molar-refractivity contribution in [1.29, 1.82) is 0 Å². The van der Waals surface area contributed by atoms with Crippen molar-refractivity contribution in [1.82, 2.24) is 5.32 Å². The first-order valence-electron chi connectivity index (χ1n) is 13.7. The van der Waals surface area contributed by atoms with Crippen LogP contribution < -0.4 is 20.1 Å². The van der Waals surface area contributed by atoms with Gasteiger partial charge in [-0.05, 0) is 77.3 Å². The normalized spacial score (nSPS) is 16.2. The van der Waals surface area contributed by atoms with Gasteiger partial charge in [-0.2, -0.15) is 0 Å². The lowest BCUT2D eigenvalue weighted by Crippen LogP contribution is -2.34. The number of aliphatic carboxylic acids is 1. The summed E-state index contributed by atoms with van der Waals surface area (Å²) in [5, 5.41) is 14.4. The van der Waals surface area contributed by atoms with E-state index in [2.05, 4.69) is 24.5 Å². The van der Waals surface area contributed by atoms with Crippen molar-refractivity contribution in [3.8, 4) is 11.5 Å². The van der Waals surface area contributed by atoms with E-state index in [1.54, 1.807) is 19.1 Å². The van der Waals surface area contributed by atoms with Gasteiger partial charge in [-0.3, -0.25) is 9.79 Å². The Morgan fingerprint density at radius 2 is 1.85 bits per heavy atom. The van der Waals surface area contributed by atoms with E-state index in [1.165, 1.54) is 6.08 Å². The molecule has 0 aliphatic carbocycles. The SMILES string of the molecule is CCOC(=O)CNC(=O)Nc1cc(C2=NC(C)(C)Cc3cc(OCC)c4c(c32)CC(C)(C)O4)ccc1/C=C/C(=O)O. The van der Waals surface area contributed by atoms with Crippen molar-refractivity contribution in [3.05, 3.63) is 58.2 Å². The summed E-state index contributed by atoms with van der Waals surface area (Å²) in [7, 11) is 0. The van der Waals surface area contributed by atoms with E-state index < -0.39 is 29.1 Å². The number of esters is 1. The number of rotatable bonds is 9. The van der Waals surface area contributed by atoms with Gasteiger partial charge in [0.15, 0.2) is 11.5 Å². The molecule has 0 saturated heterocycles. The Morgan fingerprint density at radius 3 is 2.54 bits per heavy atom.